The van der Waals surface area contributed by atoms with Crippen LogP contribution in [0.25, 0.3) is 0 Å². The van der Waals surface area contributed by atoms with Crippen molar-refractivity contribution < 1.29 is 8.99 Å². The number of thiazole rings is 1. The SMILES string of the molecule is C#C.CC.O=C(CNPF)c1nccs1. The maximum Gasteiger partial charge on any atom is 0.205 e. The molecule has 6 heteroatoms. The number of aromatic nitrogens is 1. The normalized spacial score (nSPS) is 8.60. The van der Waals surface area contributed by atoms with Crippen molar-refractivity contribution in [3.05, 3.63) is 16.6 Å². The Morgan fingerprint density at radius 2 is 2.27 bits per heavy atom. The van der Waals surface area contributed by atoms with Gasteiger partial charge in [-0.2, -0.15) is 0 Å². The summed E-state index contributed by atoms with van der Waals surface area (Å²) in [5.74, 6) is -0.162. The van der Waals surface area contributed by atoms with Gasteiger partial charge in [0.15, 0.2) is 5.01 Å². The molecule has 0 fully saturated rings. The van der Waals surface area contributed by atoms with Crippen LogP contribution < -0.4 is 5.09 Å². The second kappa shape index (κ2) is 13.2. The summed E-state index contributed by atoms with van der Waals surface area (Å²) in [6.45, 7) is 4.03. The lowest BCUT2D eigenvalue weighted by Gasteiger charge is -1.93. The first-order valence-electron chi connectivity index (χ1n) is 4.19. The zero-order valence-electron chi connectivity index (χ0n) is 8.66. The third-order valence-electron chi connectivity index (χ3n) is 0.987. The van der Waals surface area contributed by atoms with Crippen molar-refractivity contribution in [3.63, 3.8) is 0 Å². The Morgan fingerprint density at radius 1 is 1.67 bits per heavy atom. The average Bonchev–Trinajstić information content (AvgIpc) is 2.85. The minimum absolute atomic E-state index is 0.0302. The van der Waals surface area contributed by atoms with Crippen molar-refractivity contribution in [2.45, 2.75) is 13.8 Å². The molecule has 0 aliphatic carbocycles. The predicted molar refractivity (Wildman–Crippen MR) is 65.1 cm³/mol. The molecule has 1 aromatic rings. The molecule has 15 heavy (non-hydrogen) atoms. The number of Topliss-reactive ketones (excluding diaryl/α,β-unsaturated/α-hetero) is 1. The average molecular weight is 248 g/mol. The van der Waals surface area contributed by atoms with Crippen LogP contribution in [0.2, 0.25) is 0 Å². The number of nitrogens with zero attached hydrogens (tertiary/aromatic N) is 1. The quantitative estimate of drug-likeness (QED) is 0.506. The van der Waals surface area contributed by atoms with E-state index in [1.54, 1.807) is 11.6 Å². The molecule has 3 nitrogen and oxygen atoms in total. The lowest BCUT2D eigenvalue weighted by Crippen LogP contribution is -2.14. The zero-order valence-corrected chi connectivity index (χ0v) is 10.5. The molecule has 0 aromatic carbocycles. The summed E-state index contributed by atoms with van der Waals surface area (Å²) in [6, 6.07) is 0. The highest BCUT2D eigenvalue weighted by molar-refractivity contribution is 7.29. The molecule has 84 valence electrons. The molecule has 1 unspecified atom stereocenters. The number of ketones is 1. The third kappa shape index (κ3) is 8.19. The third-order valence-corrected chi connectivity index (χ3v) is 2.11. The van der Waals surface area contributed by atoms with Gasteiger partial charge in [0, 0.05) is 11.6 Å². The summed E-state index contributed by atoms with van der Waals surface area (Å²) in [6.07, 6.45) is 9.55. The Labute approximate surface area is 95.5 Å². The Balaban J connectivity index is 0. The van der Waals surface area contributed by atoms with Gasteiger partial charge in [0.1, 0.15) is 9.04 Å². The Morgan fingerprint density at radius 3 is 2.67 bits per heavy atom. The van der Waals surface area contributed by atoms with Gasteiger partial charge in [-0.05, 0) is 0 Å². The van der Waals surface area contributed by atoms with Crippen molar-refractivity contribution in [3.8, 4) is 12.8 Å². The van der Waals surface area contributed by atoms with Crippen LogP contribution >= 0.6 is 20.4 Å². The van der Waals surface area contributed by atoms with E-state index in [1.165, 1.54) is 11.3 Å². The molecule has 0 amide bonds. The van der Waals surface area contributed by atoms with Crippen LogP contribution in [0.5, 0.6) is 0 Å². The monoisotopic (exact) mass is 248 g/mol. The van der Waals surface area contributed by atoms with Gasteiger partial charge in [0.2, 0.25) is 5.78 Å². The van der Waals surface area contributed by atoms with E-state index in [0.717, 1.165) is 0 Å². The second-order valence-corrected chi connectivity index (χ2v) is 3.15. The first kappa shape index (κ1) is 16.6. The Bertz CT molecular complexity index is 264. The molecule has 1 aromatic heterocycles. The summed E-state index contributed by atoms with van der Waals surface area (Å²) in [5.41, 5.74) is 0. The van der Waals surface area contributed by atoms with Gasteiger partial charge in [-0.1, -0.05) is 13.8 Å². The second-order valence-electron chi connectivity index (χ2n) is 1.71. The van der Waals surface area contributed by atoms with Gasteiger partial charge in [0.05, 0.1) is 6.54 Å². The van der Waals surface area contributed by atoms with E-state index in [1.807, 2.05) is 13.8 Å². The van der Waals surface area contributed by atoms with Crippen molar-refractivity contribution >= 4 is 26.2 Å². The zero-order chi connectivity index (χ0) is 12.1. The predicted octanol–water partition coefficient (Wildman–Crippen LogP) is 2.67. The van der Waals surface area contributed by atoms with E-state index in [2.05, 4.69) is 22.9 Å². The molecule has 0 aliphatic heterocycles. The maximum absolute atomic E-state index is 11.5. The fraction of sp³-hybridized carbons (Fsp3) is 0.333. The molecular weight excluding hydrogens is 234 g/mol. The molecular formula is C9H14FN2OPS. The molecule has 0 radical (unpaired) electrons. The number of rotatable bonds is 4. The fourth-order valence-electron chi connectivity index (χ4n) is 0.550. The lowest BCUT2D eigenvalue weighted by atomic mass is 10.4. The molecule has 1 atom stereocenters. The summed E-state index contributed by atoms with van der Waals surface area (Å²) in [4.78, 5) is 14.8. The number of nitrogens with one attached hydrogen (secondary N) is 1. The van der Waals surface area contributed by atoms with Crippen LogP contribution in [0.15, 0.2) is 11.6 Å². The van der Waals surface area contributed by atoms with E-state index in [4.69, 9.17) is 0 Å². The Hall–Kier alpha value is -0.820. The molecule has 0 spiro atoms. The van der Waals surface area contributed by atoms with Crippen molar-refractivity contribution in [2.75, 3.05) is 6.54 Å². The van der Waals surface area contributed by atoms with E-state index >= 15 is 0 Å². The van der Waals surface area contributed by atoms with E-state index in [9.17, 15) is 8.99 Å². The van der Waals surface area contributed by atoms with Crippen LogP contribution in [0.1, 0.15) is 23.6 Å². The van der Waals surface area contributed by atoms with Gasteiger partial charge in [-0.3, -0.25) is 9.88 Å². The van der Waals surface area contributed by atoms with Crippen molar-refractivity contribution in [1.82, 2.24) is 10.1 Å². The van der Waals surface area contributed by atoms with Gasteiger partial charge >= 0.3 is 0 Å². The molecule has 0 aliphatic rings. The summed E-state index contributed by atoms with van der Waals surface area (Å²) >= 11 is 1.26. The van der Waals surface area contributed by atoms with Gasteiger partial charge in [-0.15, -0.1) is 24.2 Å². The minimum atomic E-state index is -0.889. The van der Waals surface area contributed by atoms with E-state index < -0.39 is 9.04 Å². The number of carbonyl (C=O) groups excluding carboxylic acids is 1. The highest BCUT2D eigenvalue weighted by Gasteiger charge is 2.06. The molecule has 0 saturated heterocycles. The first-order chi connectivity index (χ1) is 7.34. The highest BCUT2D eigenvalue weighted by atomic mass is 32.1. The van der Waals surface area contributed by atoms with Crippen LogP contribution in [0.4, 0.5) is 4.20 Å². The van der Waals surface area contributed by atoms with Crippen molar-refractivity contribution in [1.29, 1.82) is 0 Å². The summed E-state index contributed by atoms with van der Waals surface area (Å²) in [7, 11) is -0.889. The summed E-state index contributed by atoms with van der Waals surface area (Å²) < 4.78 is 11.5. The first-order valence-corrected chi connectivity index (χ1v) is 5.95. The number of hydrogen-bond donors (Lipinski definition) is 1. The summed E-state index contributed by atoms with van der Waals surface area (Å²) in [5, 5.41) is 4.45. The standard InChI is InChI=1S/C5H6FN2OPS.C2H6.C2H2/c6-10-8-3-4(9)5-7-1-2-11-5;2*1-2/h1-2,8,10H,3H2;1-2H3;1-2H. The maximum atomic E-state index is 11.5. The van der Waals surface area contributed by atoms with Gasteiger partial charge < -0.3 is 0 Å². The lowest BCUT2D eigenvalue weighted by molar-refractivity contribution is 0.0997. The fourth-order valence-corrected chi connectivity index (χ4v) is 1.35. The van der Waals surface area contributed by atoms with Crippen LogP contribution in [-0.4, -0.2) is 17.3 Å². The van der Waals surface area contributed by atoms with E-state index in [0.29, 0.717) is 5.01 Å². The molecule has 1 heterocycles. The minimum Gasteiger partial charge on any atom is -0.290 e. The van der Waals surface area contributed by atoms with Gasteiger partial charge in [0.25, 0.3) is 0 Å². The number of terminal acetylenes is 1. The number of halogens is 1. The smallest absolute Gasteiger partial charge is 0.205 e. The highest BCUT2D eigenvalue weighted by Crippen LogP contribution is 2.06. The van der Waals surface area contributed by atoms with Crippen LogP contribution in [-0.2, 0) is 0 Å². The van der Waals surface area contributed by atoms with Gasteiger partial charge in [-0.25, -0.2) is 9.18 Å². The largest absolute Gasteiger partial charge is 0.290 e. The molecule has 1 rings (SSSR count). The number of carbonyl (C=O) groups is 1. The van der Waals surface area contributed by atoms with Crippen molar-refractivity contribution in [2.24, 2.45) is 0 Å². The molecule has 0 bridgehead atoms. The molecule has 1 N–H and O–H groups in total. The van der Waals surface area contributed by atoms with Crippen LogP contribution in [0, 0.1) is 12.8 Å². The van der Waals surface area contributed by atoms with E-state index in [-0.39, 0.29) is 12.3 Å². The van der Waals surface area contributed by atoms with Crippen LogP contribution in [0.3, 0.4) is 0 Å². The topological polar surface area (TPSA) is 42.0 Å². The number of hydrogen-bond acceptors (Lipinski definition) is 4. The Kier molecular flexibility index (Phi) is 14.6. The molecule has 0 saturated carbocycles.